The number of imidazole rings is 1. The molecule has 1 aromatic rings. The van der Waals surface area contributed by atoms with E-state index in [2.05, 4.69) is 67.1 Å². The van der Waals surface area contributed by atoms with Gasteiger partial charge < -0.3 is 0 Å². The van der Waals surface area contributed by atoms with E-state index in [9.17, 15) is 0 Å². The molecule has 15 heavy (non-hydrogen) atoms. The van der Waals surface area contributed by atoms with Crippen molar-refractivity contribution in [3.63, 3.8) is 0 Å². The van der Waals surface area contributed by atoms with E-state index < -0.39 is 16.1 Å². The number of hydrogen-bond donors (Lipinski definition) is 0. The highest BCUT2D eigenvalue weighted by Gasteiger charge is 2.20. The van der Waals surface area contributed by atoms with Gasteiger partial charge in [-0.1, -0.05) is 39.3 Å². The van der Waals surface area contributed by atoms with E-state index in [0.717, 1.165) is 0 Å². The minimum atomic E-state index is -0.982. The van der Waals surface area contributed by atoms with E-state index in [1.54, 1.807) is 0 Å². The maximum absolute atomic E-state index is 2.41. The number of nitrogens with zero attached hydrogens (tertiary/aromatic N) is 2. The van der Waals surface area contributed by atoms with Gasteiger partial charge in [-0.3, -0.25) is 0 Å². The van der Waals surface area contributed by atoms with Gasteiger partial charge in [-0.2, -0.15) is 0 Å². The molecule has 0 aliphatic carbocycles. The van der Waals surface area contributed by atoms with Crippen molar-refractivity contribution < 1.29 is 4.57 Å². The standard InChI is InChI=1S/C11H25N2Si2/c1-14(2,3)10-12-7-8-13(9-12)11-15(4,5)6/h7-9H,10-11H2,1-6H3/q+1. The van der Waals surface area contributed by atoms with E-state index in [1.165, 1.54) is 12.3 Å². The summed E-state index contributed by atoms with van der Waals surface area (Å²) in [5.74, 6) is 0. The molecule has 0 unspecified atom stereocenters. The van der Waals surface area contributed by atoms with Crippen LogP contribution >= 0.6 is 0 Å². The number of rotatable bonds is 4. The summed E-state index contributed by atoms with van der Waals surface area (Å²) < 4.78 is 4.71. The maximum Gasteiger partial charge on any atom is 0.243 e. The summed E-state index contributed by atoms with van der Waals surface area (Å²) >= 11 is 0. The number of aromatic nitrogens is 2. The Morgan fingerprint density at radius 1 is 1.00 bits per heavy atom. The van der Waals surface area contributed by atoms with Gasteiger partial charge in [0.05, 0.1) is 28.5 Å². The van der Waals surface area contributed by atoms with Crippen molar-refractivity contribution >= 4 is 16.1 Å². The molecule has 1 aromatic heterocycles. The lowest BCUT2D eigenvalue weighted by Gasteiger charge is -2.13. The summed E-state index contributed by atoms with van der Waals surface area (Å²) in [6.07, 6.45) is 9.17. The second kappa shape index (κ2) is 4.25. The molecular weight excluding hydrogens is 216 g/mol. The van der Waals surface area contributed by atoms with Crippen LogP contribution in [0.4, 0.5) is 0 Å². The van der Waals surface area contributed by atoms with Crippen LogP contribution in [0.25, 0.3) is 0 Å². The van der Waals surface area contributed by atoms with E-state index in [-0.39, 0.29) is 0 Å². The molecule has 86 valence electrons. The smallest absolute Gasteiger partial charge is 0.240 e. The first-order valence-electron chi connectivity index (χ1n) is 5.71. The van der Waals surface area contributed by atoms with Crippen LogP contribution in [0.1, 0.15) is 0 Å². The highest BCUT2D eigenvalue weighted by Crippen LogP contribution is 2.04. The van der Waals surface area contributed by atoms with Crippen LogP contribution in [-0.2, 0) is 12.3 Å². The van der Waals surface area contributed by atoms with Gasteiger partial charge in [0.15, 0.2) is 0 Å². The summed E-state index contributed by atoms with van der Waals surface area (Å²) in [5, 5.41) is 0. The molecule has 0 radical (unpaired) electrons. The van der Waals surface area contributed by atoms with E-state index in [0.29, 0.717) is 0 Å². The second-order valence-corrected chi connectivity index (χ2v) is 17.8. The van der Waals surface area contributed by atoms with Gasteiger partial charge in [-0.05, 0) is 0 Å². The summed E-state index contributed by atoms with van der Waals surface area (Å²) in [6, 6.07) is 0. The average molecular weight is 242 g/mol. The van der Waals surface area contributed by atoms with Gasteiger partial charge in [-0.15, -0.1) is 0 Å². The lowest BCUT2D eigenvalue weighted by atomic mass is 10.9. The lowest BCUT2D eigenvalue weighted by molar-refractivity contribution is -0.680. The van der Waals surface area contributed by atoms with Gasteiger partial charge in [0.2, 0.25) is 6.33 Å². The summed E-state index contributed by atoms with van der Waals surface area (Å²) in [6.45, 7) is 14.5. The van der Waals surface area contributed by atoms with Crippen LogP contribution < -0.4 is 4.57 Å². The Balaban J connectivity index is 2.65. The zero-order chi connectivity index (χ0) is 11.7. The summed E-state index contributed by atoms with van der Waals surface area (Å²) in [5.41, 5.74) is 0. The first kappa shape index (κ1) is 12.7. The SMILES string of the molecule is C[Si](C)(C)Cn1cc[n+](C[Si](C)(C)C)c1. The normalized spacial score (nSPS) is 13.2. The molecule has 0 saturated heterocycles. The third-order valence-corrected chi connectivity index (χ3v) is 4.69. The van der Waals surface area contributed by atoms with Crippen molar-refractivity contribution in [1.29, 1.82) is 0 Å². The van der Waals surface area contributed by atoms with Gasteiger partial charge >= 0.3 is 0 Å². The number of hydrogen-bond acceptors (Lipinski definition) is 0. The molecule has 0 fully saturated rings. The highest BCUT2D eigenvalue weighted by atomic mass is 28.3. The fourth-order valence-electron chi connectivity index (χ4n) is 1.72. The average Bonchev–Trinajstić information content (AvgIpc) is 2.28. The molecule has 0 spiro atoms. The summed E-state index contributed by atoms with van der Waals surface area (Å²) in [4.78, 5) is 0. The highest BCUT2D eigenvalue weighted by molar-refractivity contribution is 6.75. The van der Waals surface area contributed by atoms with Crippen LogP contribution in [-0.4, -0.2) is 20.7 Å². The Hall–Kier alpha value is -0.356. The Labute approximate surface area is 96.0 Å². The summed E-state index contributed by atoms with van der Waals surface area (Å²) in [7, 11) is -1.96. The Morgan fingerprint density at radius 2 is 1.60 bits per heavy atom. The Kier molecular flexibility index (Phi) is 3.61. The monoisotopic (exact) mass is 241 g/mol. The van der Waals surface area contributed by atoms with Crippen molar-refractivity contribution in [3.05, 3.63) is 18.7 Å². The van der Waals surface area contributed by atoms with Crippen LogP contribution in [0.5, 0.6) is 0 Å². The second-order valence-electron chi connectivity index (χ2n) is 6.88. The van der Waals surface area contributed by atoms with Crippen LogP contribution in [0.3, 0.4) is 0 Å². The van der Waals surface area contributed by atoms with Crippen LogP contribution in [0.15, 0.2) is 18.7 Å². The molecule has 0 atom stereocenters. The predicted octanol–water partition coefficient (Wildman–Crippen LogP) is 2.53. The zero-order valence-electron chi connectivity index (χ0n) is 11.0. The topological polar surface area (TPSA) is 8.81 Å². The fourth-order valence-corrected chi connectivity index (χ4v) is 4.29. The largest absolute Gasteiger partial charge is 0.243 e. The predicted molar refractivity (Wildman–Crippen MR) is 71.3 cm³/mol. The molecule has 2 nitrogen and oxygen atoms in total. The van der Waals surface area contributed by atoms with E-state index >= 15 is 0 Å². The Morgan fingerprint density at radius 3 is 2.07 bits per heavy atom. The third-order valence-electron chi connectivity index (χ3n) is 2.06. The van der Waals surface area contributed by atoms with Gasteiger partial charge in [0.25, 0.3) is 0 Å². The van der Waals surface area contributed by atoms with Crippen molar-refractivity contribution in [2.45, 2.75) is 51.6 Å². The molecule has 0 N–H and O–H groups in total. The van der Waals surface area contributed by atoms with Crippen molar-refractivity contribution in [2.24, 2.45) is 0 Å². The zero-order valence-corrected chi connectivity index (χ0v) is 13.0. The molecule has 0 bridgehead atoms. The van der Waals surface area contributed by atoms with Crippen molar-refractivity contribution in [3.8, 4) is 0 Å². The van der Waals surface area contributed by atoms with Gasteiger partial charge in [0, 0.05) is 0 Å². The van der Waals surface area contributed by atoms with Crippen molar-refractivity contribution in [1.82, 2.24) is 4.57 Å². The molecule has 0 aliphatic rings. The van der Waals surface area contributed by atoms with Crippen LogP contribution in [0, 0.1) is 0 Å². The van der Waals surface area contributed by atoms with Crippen molar-refractivity contribution in [2.75, 3.05) is 0 Å². The first-order chi connectivity index (χ1) is 6.66. The first-order valence-corrected chi connectivity index (χ1v) is 13.1. The molecule has 1 rings (SSSR count). The van der Waals surface area contributed by atoms with E-state index in [1.807, 2.05) is 0 Å². The van der Waals surface area contributed by atoms with Gasteiger partial charge in [-0.25, -0.2) is 9.13 Å². The third kappa shape index (κ3) is 5.32. The minimum Gasteiger partial charge on any atom is -0.240 e. The Bertz CT molecular complexity index is 288. The molecule has 0 amide bonds. The van der Waals surface area contributed by atoms with Crippen LogP contribution in [0.2, 0.25) is 39.3 Å². The lowest BCUT2D eigenvalue weighted by Crippen LogP contribution is -2.44. The maximum atomic E-state index is 2.41. The fraction of sp³-hybridized carbons (Fsp3) is 0.727. The van der Waals surface area contributed by atoms with E-state index in [4.69, 9.17) is 0 Å². The molecule has 1 heterocycles. The molecular formula is C11H25N2Si2+. The minimum absolute atomic E-state index is 0.982. The molecule has 0 saturated carbocycles. The molecule has 4 heteroatoms. The van der Waals surface area contributed by atoms with Gasteiger partial charge in [0.1, 0.15) is 12.4 Å². The quantitative estimate of drug-likeness (QED) is 0.566. The molecule has 0 aliphatic heterocycles. The molecule has 0 aromatic carbocycles.